The molecule has 1 aromatic carbocycles. The first-order chi connectivity index (χ1) is 7.90. The summed E-state index contributed by atoms with van der Waals surface area (Å²) in [5, 5.41) is 0.444. The van der Waals surface area contributed by atoms with E-state index in [-0.39, 0.29) is 11.7 Å². The molecule has 0 fully saturated rings. The Balaban J connectivity index is 2.62. The van der Waals surface area contributed by atoms with Crippen LogP contribution in [0.15, 0.2) is 18.2 Å². The van der Waals surface area contributed by atoms with E-state index in [4.69, 9.17) is 29.6 Å². The fraction of sp³-hybridized carbons (Fsp3) is 0.417. The van der Waals surface area contributed by atoms with Crippen molar-refractivity contribution < 1.29 is 4.39 Å². The van der Waals surface area contributed by atoms with Crippen molar-refractivity contribution in [2.45, 2.75) is 13.5 Å². The van der Waals surface area contributed by atoms with Gasteiger partial charge in [0.15, 0.2) is 0 Å². The summed E-state index contributed by atoms with van der Waals surface area (Å²) in [6.07, 6.45) is 0. The maximum Gasteiger partial charge on any atom is 0.124 e. The third kappa shape index (κ3) is 4.58. The molecule has 0 aliphatic rings. The van der Waals surface area contributed by atoms with E-state index in [2.05, 4.69) is 4.90 Å². The average Bonchev–Trinajstić information content (AvgIpc) is 2.22. The maximum absolute atomic E-state index is 12.9. The number of benzene rings is 1. The molecule has 0 aliphatic heterocycles. The van der Waals surface area contributed by atoms with Gasteiger partial charge in [0.05, 0.1) is 4.99 Å². The van der Waals surface area contributed by atoms with Crippen LogP contribution in [0.2, 0.25) is 5.02 Å². The smallest absolute Gasteiger partial charge is 0.124 e. The summed E-state index contributed by atoms with van der Waals surface area (Å²) in [5.74, 6) is -0.174. The largest absolute Gasteiger partial charge is 0.393 e. The summed E-state index contributed by atoms with van der Waals surface area (Å²) in [5.41, 5.74) is 6.45. The maximum atomic E-state index is 12.9. The van der Waals surface area contributed by atoms with Crippen molar-refractivity contribution in [2.24, 2.45) is 11.7 Å². The van der Waals surface area contributed by atoms with Gasteiger partial charge in [-0.25, -0.2) is 4.39 Å². The number of hydrogen-bond donors (Lipinski definition) is 1. The van der Waals surface area contributed by atoms with E-state index >= 15 is 0 Å². The Kier molecular flexibility index (Phi) is 5.31. The van der Waals surface area contributed by atoms with Crippen molar-refractivity contribution in [2.75, 3.05) is 13.6 Å². The van der Waals surface area contributed by atoms with E-state index in [0.29, 0.717) is 16.6 Å². The molecule has 0 saturated heterocycles. The number of halogens is 2. The summed E-state index contributed by atoms with van der Waals surface area (Å²) in [4.78, 5) is 2.56. The summed E-state index contributed by atoms with van der Waals surface area (Å²) in [6, 6.07) is 4.42. The lowest BCUT2D eigenvalue weighted by Crippen LogP contribution is -2.31. The second-order valence-corrected chi connectivity index (χ2v) is 5.11. The highest BCUT2D eigenvalue weighted by Gasteiger charge is 2.10. The lowest BCUT2D eigenvalue weighted by Gasteiger charge is -2.21. The van der Waals surface area contributed by atoms with Gasteiger partial charge in [-0.05, 0) is 24.7 Å². The predicted octanol–water partition coefficient (Wildman–Crippen LogP) is 2.83. The highest BCUT2D eigenvalue weighted by Crippen LogP contribution is 2.18. The van der Waals surface area contributed by atoms with Gasteiger partial charge in [0.25, 0.3) is 0 Å². The minimum Gasteiger partial charge on any atom is -0.393 e. The number of nitrogens with zero attached hydrogens (tertiary/aromatic N) is 1. The molecule has 0 spiro atoms. The third-order valence-electron chi connectivity index (χ3n) is 2.53. The Morgan fingerprint density at radius 3 is 2.76 bits per heavy atom. The zero-order valence-corrected chi connectivity index (χ0v) is 11.5. The first-order valence-corrected chi connectivity index (χ1v) is 6.10. The van der Waals surface area contributed by atoms with Crippen LogP contribution in [0.3, 0.4) is 0 Å². The van der Waals surface area contributed by atoms with Gasteiger partial charge in [0.1, 0.15) is 5.82 Å². The first-order valence-electron chi connectivity index (χ1n) is 5.32. The van der Waals surface area contributed by atoms with Gasteiger partial charge < -0.3 is 10.6 Å². The molecular formula is C12H16ClFN2S. The standard InChI is InChI=1S/C12H16ClFN2S/c1-8(12(15)17)6-16(2)7-9-3-4-10(14)5-11(9)13/h3-5,8H,6-7H2,1-2H3,(H2,15,17). The summed E-state index contributed by atoms with van der Waals surface area (Å²) < 4.78 is 12.9. The first kappa shape index (κ1) is 14.4. The van der Waals surface area contributed by atoms with Gasteiger partial charge in [0.2, 0.25) is 0 Å². The van der Waals surface area contributed by atoms with Crippen LogP contribution in [0.5, 0.6) is 0 Å². The summed E-state index contributed by atoms with van der Waals surface area (Å²) in [7, 11) is 1.95. The van der Waals surface area contributed by atoms with Crippen LogP contribution in [-0.2, 0) is 6.54 Å². The second kappa shape index (κ2) is 6.28. The van der Waals surface area contributed by atoms with Crippen LogP contribution in [0.4, 0.5) is 4.39 Å². The van der Waals surface area contributed by atoms with Crippen LogP contribution < -0.4 is 5.73 Å². The molecular weight excluding hydrogens is 259 g/mol. The summed E-state index contributed by atoms with van der Waals surface area (Å²) >= 11 is 10.9. The average molecular weight is 275 g/mol. The van der Waals surface area contributed by atoms with Gasteiger partial charge in [-0.3, -0.25) is 0 Å². The molecule has 0 bridgehead atoms. The molecule has 0 amide bonds. The molecule has 94 valence electrons. The lowest BCUT2D eigenvalue weighted by atomic mass is 10.1. The Bertz CT molecular complexity index is 411. The zero-order valence-electron chi connectivity index (χ0n) is 9.91. The Morgan fingerprint density at radius 1 is 1.59 bits per heavy atom. The van der Waals surface area contributed by atoms with Crippen molar-refractivity contribution in [1.82, 2.24) is 4.90 Å². The lowest BCUT2D eigenvalue weighted by molar-refractivity contribution is 0.307. The van der Waals surface area contributed by atoms with E-state index < -0.39 is 0 Å². The van der Waals surface area contributed by atoms with Gasteiger partial charge >= 0.3 is 0 Å². The molecule has 2 nitrogen and oxygen atoms in total. The molecule has 17 heavy (non-hydrogen) atoms. The van der Waals surface area contributed by atoms with Gasteiger partial charge in [0, 0.05) is 24.0 Å². The van der Waals surface area contributed by atoms with E-state index in [1.54, 1.807) is 6.07 Å². The number of nitrogens with two attached hydrogens (primary N) is 1. The van der Waals surface area contributed by atoms with E-state index in [9.17, 15) is 4.39 Å². The fourth-order valence-electron chi connectivity index (χ4n) is 1.56. The third-order valence-corrected chi connectivity index (χ3v) is 3.28. The van der Waals surface area contributed by atoms with E-state index in [1.165, 1.54) is 12.1 Å². The molecule has 0 radical (unpaired) electrons. The molecule has 2 N–H and O–H groups in total. The monoisotopic (exact) mass is 274 g/mol. The predicted molar refractivity (Wildman–Crippen MR) is 73.7 cm³/mol. The van der Waals surface area contributed by atoms with Crippen molar-refractivity contribution in [3.63, 3.8) is 0 Å². The molecule has 1 aromatic rings. The highest BCUT2D eigenvalue weighted by atomic mass is 35.5. The zero-order chi connectivity index (χ0) is 13.0. The number of thiocarbonyl (C=S) groups is 1. The normalized spacial score (nSPS) is 12.8. The van der Waals surface area contributed by atoms with Crippen LogP contribution in [-0.4, -0.2) is 23.5 Å². The summed E-state index contributed by atoms with van der Waals surface area (Å²) in [6.45, 7) is 3.38. The van der Waals surface area contributed by atoms with Gasteiger partial charge in [-0.1, -0.05) is 36.8 Å². The van der Waals surface area contributed by atoms with Crippen molar-refractivity contribution >= 4 is 28.8 Å². The minimum absolute atomic E-state index is 0.147. The minimum atomic E-state index is -0.321. The van der Waals surface area contributed by atoms with Crippen LogP contribution in [0.1, 0.15) is 12.5 Å². The number of rotatable bonds is 5. The van der Waals surface area contributed by atoms with Crippen molar-refractivity contribution in [3.8, 4) is 0 Å². The molecule has 0 saturated carbocycles. The van der Waals surface area contributed by atoms with Crippen molar-refractivity contribution in [3.05, 3.63) is 34.6 Å². The Morgan fingerprint density at radius 2 is 2.24 bits per heavy atom. The number of hydrogen-bond acceptors (Lipinski definition) is 2. The van der Waals surface area contributed by atoms with Gasteiger partial charge in [-0.15, -0.1) is 0 Å². The quantitative estimate of drug-likeness (QED) is 0.838. The second-order valence-electron chi connectivity index (χ2n) is 4.24. The van der Waals surface area contributed by atoms with Gasteiger partial charge in [-0.2, -0.15) is 0 Å². The Hall–Kier alpha value is -0.710. The molecule has 0 aromatic heterocycles. The topological polar surface area (TPSA) is 29.3 Å². The molecule has 1 rings (SSSR count). The van der Waals surface area contributed by atoms with E-state index in [0.717, 1.165) is 12.1 Å². The molecule has 1 atom stereocenters. The van der Waals surface area contributed by atoms with Crippen LogP contribution in [0, 0.1) is 11.7 Å². The molecule has 0 aliphatic carbocycles. The highest BCUT2D eigenvalue weighted by molar-refractivity contribution is 7.80. The van der Waals surface area contributed by atoms with E-state index in [1.807, 2.05) is 14.0 Å². The molecule has 1 unspecified atom stereocenters. The fourth-order valence-corrected chi connectivity index (χ4v) is 1.86. The molecule has 0 heterocycles. The SMILES string of the molecule is CC(CN(C)Cc1ccc(F)cc1Cl)C(N)=S. The Labute approximate surface area is 112 Å². The van der Waals surface area contributed by atoms with Crippen LogP contribution in [0.25, 0.3) is 0 Å². The molecule has 5 heteroatoms. The van der Waals surface area contributed by atoms with Crippen LogP contribution >= 0.6 is 23.8 Å². The van der Waals surface area contributed by atoms with Crippen molar-refractivity contribution in [1.29, 1.82) is 0 Å².